The second-order valence-corrected chi connectivity index (χ2v) is 10.5. The Hall–Kier alpha value is -6.42. The van der Waals surface area contributed by atoms with Gasteiger partial charge in [-0.3, -0.25) is 19.2 Å². The van der Waals surface area contributed by atoms with E-state index in [4.69, 9.17) is 11.5 Å². The minimum absolute atomic E-state index is 0.0941. The number of nitrogen functional groups attached to an aromatic ring is 2. The van der Waals surface area contributed by atoms with Gasteiger partial charge in [0.05, 0.1) is 35.6 Å². The molecule has 0 aliphatic rings. The Morgan fingerprint density at radius 2 is 0.848 bits per heavy atom. The van der Waals surface area contributed by atoms with Gasteiger partial charge in [0.2, 0.25) is 11.8 Å². The lowest BCUT2D eigenvalue weighted by molar-refractivity contribution is -0.116. The zero-order valence-corrected chi connectivity index (χ0v) is 24.7. The number of amides is 4. The lowest BCUT2D eigenvalue weighted by atomic mass is 10.1. The van der Waals surface area contributed by atoms with Crippen molar-refractivity contribution in [2.75, 3.05) is 32.7 Å². The van der Waals surface area contributed by atoms with Crippen LogP contribution < -0.4 is 32.7 Å². The van der Waals surface area contributed by atoms with Gasteiger partial charge < -0.3 is 32.7 Å². The molecular weight excluding hydrogens is 580 g/mol. The molecule has 8 N–H and O–H groups in total. The number of anilines is 6. The summed E-state index contributed by atoms with van der Waals surface area (Å²) in [6.45, 7) is 0. The molecule has 5 aromatic rings. The maximum absolute atomic E-state index is 12.7. The fraction of sp³-hybridized carbons (Fsp3) is 0.0556. The lowest BCUT2D eigenvalue weighted by Crippen LogP contribution is -2.17. The second-order valence-electron chi connectivity index (χ2n) is 10.5. The number of hydrogen-bond donors (Lipinski definition) is 6. The van der Waals surface area contributed by atoms with E-state index in [0.29, 0.717) is 45.3 Å². The number of rotatable bonds is 10. The molecule has 0 bridgehead atoms. The van der Waals surface area contributed by atoms with Crippen molar-refractivity contribution < 1.29 is 19.2 Å². The Balaban J connectivity index is 1.10. The molecule has 230 valence electrons. The molecule has 0 saturated carbocycles. The third-order valence-electron chi connectivity index (χ3n) is 7.01. The van der Waals surface area contributed by atoms with Crippen molar-refractivity contribution in [3.8, 4) is 0 Å². The number of hydrogen-bond acceptors (Lipinski definition) is 6. The molecule has 0 aliphatic heterocycles. The van der Waals surface area contributed by atoms with E-state index < -0.39 is 0 Å². The smallest absolute Gasteiger partial charge is 0.255 e. The van der Waals surface area contributed by atoms with Crippen molar-refractivity contribution in [2.45, 2.75) is 12.8 Å². The van der Waals surface area contributed by atoms with E-state index in [1.807, 2.05) is 0 Å². The van der Waals surface area contributed by atoms with Crippen LogP contribution in [-0.2, 0) is 22.4 Å². The number of carbonyl (C=O) groups excluding carboxylic acids is 4. The molecule has 5 aromatic carbocycles. The average Bonchev–Trinajstić information content (AvgIpc) is 3.04. The molecule has 0 aromatic heterocycles. The topological polar surface area (TPSA) is 168 Å². The van der Waals surface area contributed by atoms with Crippen LogP contribution >= 0.6 is 0 Å². The third kappa shape index (κ3) is 8.35. The van der Waals surface area contributed by atoms with E-state index in [2.05, 4.69) is 21.3 Å². The summed E-state index contributed by atoms with van der Waals surface area (Å²) in [5.41, 5.74) is 17.2. The molecule has 0 radical (unpaired) electrons. The number of benzene rings is 5. The summed E-state index contributed by atoms with van der Waals surface area (Å²) in [6.07, 6.45) is 0.188. The highest BCUT2D eigenvalue weighted by Gasteiger charge is 2.12. The first-order valence-electron chi connectivity index (χ1n) is 14.4. The lowest BCUT2D eigenvalue weighted by Gasteiger charge is -2.10. The van der Waals surface area contributed by atoms with Crippen LogP contribution in [0.25, 0.3) is 0 Å². The molecule has 10 heteroatoms. The highest BCUT2D eigenvalue weighted by atomic mass is 16.2. The van der Waals surface area contributed by atoms with E-state index in [9.17, 15) is 19.2 Å². The van der Waals surface area contributed by atoms with Crippen LogP contribution in [0, 0.1) is 0 Å². The minimum Gasteiger partial charge on any atom is -0.397 e. The molecule has 0 atom stereocenters. The fourth-order valence-electron chi connectivity index (χ4n) is 4.61. The first-order chi connectivity index (χ1) is 22.2. The van der Waals surface area contributed by atoms with Gasteiger partial charge in [0.25, 0.3) is 11.8 Å². The summed E-state index contributed by atoms with van der Waals surface area (Å²) in [5, 5.41) is 11.2. The van der Waals surface area contributed by atoms with E-state index in [0.717, 1.165) is 11.1 Å². The predicted octanol–water partition coefficient (Wildman–Crippen LogP) is 5.72. The predicted molar refractivity (Wildman–Crippen MR) is 182 cm³/mol. The second kappa shape index (κ2) is 14.4. The monoisotopic (exact) mass is 612 g/mol. The maximum Gasteiger partial charge on any atom is 0.255 e. The van der Waals surface area contributed by atoms with Crippen LogP contribution in [0.3, 0.4) is 0 Å². The normalized spacial score (nSPS) is 10.4. The molecule has 0 unspecified atom stereocenters. The Kier molecular flexibility index (Phi) is 9.69. The molecule has 46 heavy (non-hydrogen) atoms. The molecule has 5 rings (SSSR count). The molecule has 0 fully saturated rings. The highest BCUT2D eigenvalue weighted by molar-refractivity contribution is 6.06. The van der Waals surface area contributed by atoms with Crippen LogP contribution in [0.5, 0.6) is 0 Å². The molecule has 0 saturated heterocycles. The zero-order chi connectivity index (χ0) is 32.5. The molecule has 10 nitrogen and oxygen atoms in total. The van der Waals surface area contributed by atoms with Crippen molar-refractivity contribution in [3.05, 3.63) is 144 Å². The van der Waals surface area contributed by atoms with Crippen LogP contribution in [0.15, 0.2) is 121 Å². The van der Waals surface area contributed by atoms with Crippen molar-refractivity contribution in [1.29, 1.82) is 0 Å². The van der Waals surface area contributed by atoms with Crippen LogP contribution in [0.1, 0.15) is 31.8 Å². The van der Waals surface area contributed by atoms with E-state index in [-0.39, 0.29) is 36.5 Å². The Morgan fingerprint density at radius 3 is 1.24 bits per heavy atom. The van der Waals surface area contributed by atoms with Crippen molar-refractivity contribution in [3.63, 3.8) is 0 Å². The summed E-state index contributed by atoms with van der Waals surface area (Å²) in [4.78, 5) is 50.6. The maximum atomic E-state index is 12.7. The number of carbonyl (C=O) groups is 4. The van der Waals surface area contributed by atoms with Gasteiger partial charge in [-0.15, -0.1) is 0 Å². The summed E-state index contributed by atoms with van der Waals surface area (Å²) < 4.78 is 0. The standard InChI is InChI=1S/C36H32N6O4/c37-29-8-1-3-10-31(29)41-35(45)25-16-12-23(13-17-25)20-33(43)39-27-6-5-7-28(22-27)40-34(44)21-24-14-18-26(19-15-24)36(46)42-32-11-4-2-9-30(32)38/h1-19,22H,20-21,37-38H2,(H,39,43)(H,40,44)(H,41,45)(H,42,46). The van der Waals surface area contributed by atoms with Crippen molar-refractivity contribution >= 4 is 57.8 Å². The van der Waals surface area contributed by atoms with Gasteiger partial charge in [0.15, 0.2) is 0 Å². The van der Waals surface area contributed by atoms with Gasteiger partial charge in [-0.05, 0) is 77.9 Å². The van der Waals surface area contributed by atoms with Gasteiger partial charge in [0, 0.05) is 22.5 Å². The third-order valence-corrected chi connectivity index (χ3v) is 7.01. The Bertz CT molecular complexity index is 1750. The summed E-state index contributed by atoms with van der Waals surface area (Å²) in [6, 6.07) is 34.3. The van der Waals surface area contributed by atoms with E-state index >= 15 is 0 Å². The van der Waals surface area contributed by atoms with Crippen LogP contribution in [0.2, 0.25) is 0 Å². The summed E-state index contributed by atoms with van der Waals surface area (Å²) in [7, 11) is 0. The number of nitrogens with one attached hydrogen (secondary N) is 4. The minimum atomic E-state index is -0.304. The fourth-order valence-corrected chi connectivity index (χ4v) is 4.61. The number of nitrogens with two attached hydrogens (primary N) is 2. The molecule has 0 heterocycles. The summed E-state index contributed by atoms with van der Waals surface area (Å²) in [5.74, 6) is -1.11. The first kappa shape index (κ1) is 31.0. The van der Waals surface area contributed by atoms with E-state index in [1.165, 1.54) is 0 Å². The van der Waals surface area contributed by atoms with Crippen LogP contribution in [-0.4, -0.2) is 23.6 Å². The van der Waals surface area contributed by atoms with Crippen molar-refractivity contribution in [2.24, 2.45) is 0 Å². The van der Waals surface area contributed by atoms with E-state index in [1.54, 1.807) is 121 Å². The van der Waals surface area contributed by atoms with Crippen molar-refractivity contribution in [1.82, 2.24) is 0 Å². The highest BCUT2D eigenvalue weighted by Crippen LogP contribution is 2.20. The van der Waals surface area contributed by atoms with Gasteiger partial charge in [-0.2, -0.15) is 0 Å². The largest absolute Gasteiger partial charge is 0.397 e. The SMILES string of the molecule is Nc1ccccc1NC(=O)c1ccc(CC(=O)Nc2cccc(NC(=O)Cc3ccc(C(=O)Nc4ccccc4N)cc3)c2)cc1. The van der Waals surface area contributed by atoms with Gasteiger partial charge in [-0.1, -0.05) is 54.6 Å². The molecule has 4 amide bonds. The number of para-hydroxylation sites is 4. The van der Waals surface area contributed by atoms with Gasteiger partial charge in [-0.25, -0.2) is 0 Å². The average molecular weight is 613 g/mol. The molecule has 0 aliphatic carbocycles. The van der Waals surface area contributed by atoms with Gasteiger partial charge in [0.1, 0.15) is 0 Å². The molecular formula is C36H32N6O4. The zero-order valence-electron chi connectivity index (χ0n) is 24.7. The van der Waals surface area contributed by atoms with Crippen LogP contribution in [0.4, 0.5) is 34.1 Å². The Labute approximate surface area is 265 Å². The summed E-state index contributed by atoms with van der Waals surface area (Å²) >= 11 is 0. The first-order valence-corrected chi connectivity index (χ1v) is 14.4. The van der Waals surface area contributed by atoms with Gasteiger partial charge >= 0.3 is 0 Å². The molecule has 0 spiro atoms. The quantitative estimate of drug-likeness (QED) is 0.110. The Morgan fingerprint density at radius 1 is 0.457 bits per heavy atom.